The maximum absolute atomic E-state index is 14.7. The van der Waals surface area contributed by atoms with Gasteiger partial charge >= 0.3 is 6.18 Å². The van der Waals surface area contributed by atoms with Crippen LogP contribution in [-0.2, 0) is 11.0 Å². The summed E-state index contributed by atoms with van der Waals surface area (Å²) < 4.78 is 74.7. The lowest BCUT2D eigenvalue weighted by Crippen LogP contribution is -2.46. The van der Waals surface area contributed by atoms with Crippen LogP contribution in [0.1, 0.15) is 30.7 Å². The van der Waals surface area contributed by atoms with E-state index in [0.717, 1.165) is 11.8 Å². The predicted molar refractivity (Wildman–Crippen MR) is 163 cm³/mol. The highest BCUT2D eigenvalue weighted by molar-refractivity contribution is 7.71. The van der Waals surface area contributed by atoms with E-state index < -0.39 is 32.0 Å². The van der Waals surface area contributed by atoms with Gasteiger partial charge in [-0.2, -0.15) is 13.2 Å². The van der Waals surface area contributed by atoms with E-state index in [1.54, 1.807) is 30.3 Å². The quantitative estimate of drug-likeness (QED) is 0.156. The third-order valence-electron chi connectivity index (χ3n) is 7.53. The summed E-state index contributed by atoms with van der Waals surface area (Å²) in [6.45, 7) is 5.03. The number of methoxy groups -OCH3 is 1. The minimum Gasteiger partial charge on any atom is -0.495 e. The monoisotopic (exact) mass is 609 g/mol. The van der Waals surface area contributed by atoms with Crippen LogP contribution in [0.3, 0.4) is 0 Å². The van der Waals surface area contributed by atoms with Gasteiger partial charge in [0.1, 0.15) is 19.1 Å². The molecule has 1 saturated heterocycles. The average Bonchev–Trinajstić information content (AvgIpc) is 3.28. The Balaban J connectivity index is 1.59. The molecule has 0 spiro atoms. The van der Waals surface area contributed by atoms with Gasteiger partial charge < -0.3 is 24.8 Å². The molecule has 41 heavy (non-hydrogen) atoms. The Morgan fingerprint density at radius 1 is 1.17 bits per heavy atom. The van der Waals surface area contributed by atoms with Crippen molar-refractivity contribution in [3.8, 4) is 17.6 Å². The SMILES string of the molecule is CCP(=O)(CC)c1ccc(NCC#Cc2sc3c(N[C@H]4CCN(C)C[C@H]4F)cccc3c2CC(F)(F)F)c(OC)c1. The van der Waals surface area contributed by atoms with Crippen molar-refractivity contribution in [2.24, 2.45) is 0 Å². The number of benzene rings is 2. The summed E-state index contributed by atoms with van der Waals surface area (Å²) in [5, 5.41) is 7.65. The van der Waals surface area contributed by atoms with Crippen LogP contribution in [0, 0.1) is 11.8 Å². The number of hydrogen-bond acceptors (Lipinski definition) is 6. The van der Waals surface area contributed by atoms with Crippen LogP contribution in [0.2, 0.25) is 0 Å². The van der Waals surface area contributed by atoms with Crippen molar-refractivity contribution in [3.05, 3.63) is 46.8 Å². The predicted octanol–water partition coefficient (Wildman–Crippen LogP) is 6.96. The summed E-state index contributed by atoms with van der Waals surface area (Å²) in [6.07, 6.45) is -4.86. The number of alkyl halides is 4. The molecule has 1 aliphatic heterocycles. The molecular formula is C30H36F4N3O2PS. The molecule has 0 saturated carbocycles. The Bertz CT molecular complexity index is 1470. The fourth-order valence-electron chi connectivity index (χ4n) is 5.11. The molecule has 1 aliphatic rings. The molecule has 1 fully saturated rings. The van der Waals surface area contributed by atoms with Crippen LogP contribution >= 0.6 is 18.5 Å². The molecule has 1 aromatic heterocycles. The molecule has 0 radical (unpaired) electrons. The number of hydrogen-bond donors (Lipinski definition) is 2. The van der Waals surface area contributed by atoms with E-state index in [0.29, 0.717) is 57.4 Å². The molecule has 2 heterocycles. The van der Waals surface area contributed by atoms with Crippen LogP contribution in [0.5, 0.6) is 5.75 Å². The topological polar surface area (TPSA) is 53.6 Å². The van der Waals surface area contributed by atoms with Crippen LogP contribution in [0.25, 0.3) is 10.1 Å². The molecule has 11 heteroatoms. The second kappa shape index (κ2) is 13.1. The molecule has 5 nitrogen and oxygen atoms in total. The van der Waals surface area contributed by atoms with Crippen molar-refractivity contribution in [1.82, 2.24) is 4.90 Å². The van der Waals surface area contributed by atoms with Crippen LogP contribution in [-0.4, -0.2) is 69.4 Å². The summed E-state index contributed by atoms with van der Waals surface area (Å²) in [7, 11) is 0.919. The largest absolute Gasteiger partial charge is 0.495 e. The normalized spacial score (nSPS) is 18.1. The second-order valence-electron chi connectivity index (χ2n) is 10.3. The van der Waals surface area contributed by atoms with Crippen molar-refractivity contribution < 1.29 is 26.9 Å². The van der Waals surface area contributed by atoms with Gasteiger partial charge in [-0.3, -0.25) is 0 Å². The van der Waals surface area contributed by atoms with Crippen molar-refractivity contribution in [2.75, 3.05) is 56.7 Å². The summed E-state index contributed by atoms with van der Waals surface area (Å²) >= 11 is 1.19. The zero-order valence-electron chi connectivity index (χ0n) is 23.7. The molecule has 222 valence electrons. The lowest BCUT2D eigenvalue weighted by atomic mass is 10.0. The number of nitrogens with one attached hydrogen (secondary N) is 2. The lowest BCUT2D eigenvalue weighted by Gasteiger charge is -2.33. The fraction of sp³-hybridized carbons (Fsp3) is 0.467. The van der Waals surface area contributed by atoms with E-state index in [-0.39, 0.29) is 12.1 Å². The van der Waals surface area contributed by atoms with Gasteiger partial charge in [-0.15, -0.1) is 11.3 Å². The number of nitrogens with zero attached hydrogens (tertiary/aromatic N) is 1. The molecule has 0 unspecified atom stereocenters. The smallest absolute Gasteiger partial charge is 0.393 e. The van der Waals surface area contributed by atoms with Crippen molar-refractivity contribution in [3.63, 3.8) is 0 Å². The molecule has 2 aromatic carbocycles. The molecular weight excluding hydrogens is 573 g/mol. The first-order valence-electron chi connectivity index (χ1n) is 13.7. The highest BCUT2D eigenvalue weighted by Crippen LogP contribution is 2.45. The van der Waals surface area contributed by atoms with Gasteiger partial charge in [0.05, 0.1) is 47.1 Å². The molecule has 2 N–H and O–H groups in total. The first kappa shape index (κ1) is 31.2. The first-order chi connectivity index (χ1) is 19.5. The van der Waals surface area contributed by atoms with Crippen LogP contribution < -0.4 is 20.7 Å². The highest BCUT2D eigenvalue weighted by atomic mass is 32.1. The third-order valence-corrected chi connectivity index (χ3v) is 12.0. The Morgan fingerprint density at radius 2 is 1.93 bits per heavy atom. The van der Waals surface area contributed by atoms with Gasteiger partial charge in [-0.05, 0) is 48.7 Å². The molecule has 0 bridgehead atoms. The molecule has 3 aromatic rings. The number of fused-ring (bicyclic) bond motifs is 1. The van der Waals surface area contributed by atoms with E-state index >= 15 is 0 Å². The minimum absolute atomic E-state index is 0.130. The van der Waals surface area contributed by atoms with E-state index in [2.05, 4.69) is 22.5 Å². The number of piperidine rings is 1. The maximum atomic E-state index is 14.7. The Hall–Kier alpha value is -2.73. The van der Waals surface area contributed by atoms with E-state index in [1.165, 1.54) is 18.4 Å². The van der Waals surface area contributed by atoms with Gasteiger partial charge in [0.2, 0.25) is 0 Å². The van der Waals surface area contributed by atoms with Gasteiger partial charge in [0, 0.05) is 30.7 Å². The number of thiophene rings is 1. The molecule has 2 atom stereocenters. The third kappa shape index (κ3) is 7.38. The van der Waals surface area contributed by atoms with Gasteiger partial charge in [-0.25, -0.2) is 4.39 Å². The van der Waals surface area contributed by atoms with Crippen molar-refractivity contribution >= 4 is 45.2 Å². The van der Waals surface area contributed by atoms with Gasteiger partial charge in [0.25, 0.3) is 0 Å². The van der Waals surface area contributed by atoms with E-state index in [1.807, 2.05) is 31.9 Å². The number of ether oxygens (including phenoxy) is 1. The van der Waals surface area contributed by atoms with Crippen LogP contribution in [0.4, 0.5) is 28.9 Å². The summed E-state index contributed by atoms with van der Waals surface area (Å²) in [6, 6.07) is 10.1. The lowest BCUT2D eigenvalue weighted by molar-refractivity contribution is -0.126. The summed E-state index contributed by atoms with van der Waals surface area (Å²) in [4.78, 5) is 2.26. The Morgan fingerprint density at radius 3 is 2.59 bits per heavy atom. The van der Waals surface area contributed by atoms with Gasteiger partial charge in [-0.1, -0.05) is 37.8 Å². The maximum Gasteiger partial charge on any atom is 0.393 e. The fourth-order valence-corrected chi connectivity index (χ4v) is 8.16. The zero-order valence-corrected chi connectivity index (χ0v) is 25.4. The highest BCUT2D eigenvalue weighted by Gasteiger charge is 2.32. The summed E-state index contributed by atoms with van der Waals surface area (Å²) in [5.41, 5.74) is 1.41. The van der Waals surface area contributed by atoms with Gasteiger partial charge in [0.15, 0.2) is 0 Å². The molecule has 4 rings (SSSR count). The summed E-state index contributed by atoms with van der Waals surface area (Å²) in [5.74, 6) is 6.43. The molecule has 0 aliphatic carbocycles. The Labute approximate surface area is 243 Å². The van der Waals surface area contributed by atoms with E-state index in [9.17, 15) is 22.1 Å². The second-order valence-corrected chi connectivity index (χ2v) is 14.8. The number of likely N-dealkylation sites (tertiary alicyclic amines) is 1. The Kier molecular flexibility index (Phi) is 9.94. The first-order valence-corrected chi connectivity index (χ1v) is 16.6. The van der Waals surface area contributed by atoms with Crippen molar-refractivity contribution in [1.29, 1.82) is 0 Å². The zero-order chi connectivity index (χ0) is 29.8. The van der Waals surface area contributed by atoms with E-state index in [4.69, 9.17) is 4.74 Å². The minimum atomic E-state index is -4.41. The molecule has 0 amide bonds. The van der Waals surface area contributed by atoms with Crippen molar-refractivity contribution in [2.45, 2.75) is 45.1 Å². The number of halogens is 4. The van der Waals surface area contributed by atoms with Crippen LogP contribution in [0.15, 0.2) is 36.4 Å². The average molecular weight is 610 g/mol. The standard InChI is InChI=1S/C30H36F4N3O2PS/c1-5-40(38,6-2)20-12-13-25(27(17-20)39-4)35-15-8-11-28-22(18-30(32,33)34)21-9-7-10-26(29(21)41-28)36-24-14-16-37(3)19-23(24)31/h7,9-10,12-13,17,23-24,35-36H,5-6,14-16,18-19H2,1-4H3/t23-,24+/m1/s1. The number of anilines is 2. The number of rotatable bonds is 9.